The van der Waals surface area contributed by atoms with E-state index in [-0.39, 0.29) is 17.9 Å². The molecule has 0 radical (unpaired) electrons. The number of carbonyl (C=O) groups is 2. The summed E-state index contributed by atoms with van der Waals surface area (Å²) in [4.78, 5) is 24.4. The molecule has 0 spiro atoms. The number of hydrogen-bond donors (Lipinski definition) is 0. The fourth-order valence-electron chi connectivity index (χ4n) is 2.09. The van der Waals surface area contributed by atoms with Crippen LogP contribution in [0.4, 0.5) is 0 Å². The highest BCUT2D eigenvalue weighted by molar-refractivity contribution is 9.10. The zero-order chi connectivity index (χ0) is 18.9. The largest absolute Gasteiger partial charge is 0.490 e. The quantitative estimate of drug-likeness (QED) is 0.365. The number of methoxy groups -OCH3 is 1. The van der Waals surface area contributed by atoms with Crippen molar-refractivity contribution in [3.05, 3.63) is 58.1 Å². The van der Waals surface area contributed by atoms with Crippen LogP contribution in [0.15, 0.2) is 46.9 Å². The number of carbonyl (C=O) groups excluding carboxylic acids is 2. The summed E-state index contributed by atoms with van der Waals surface area (Å²) >= 11 is 3.33. The summed E-state index contributed by atoms with van der Waals surface area (Å²) in [5.41, 5.74) is 0.569. The van der Waals surface area contributed by atoms with E-state index >= 15 is 0 Å². The second-order valence-electron chi connectivity index (χ2n) is 5.12. The predicted molar refractivity (Wildman–Crippen MR) is 98.9 cm³/mol. The number of hydrogen-bond acceptors (Lipinski definition) is 6. The van der Waals surface area contributed by atoms with Gasteiger partial charge < -0.3 is 18.9 Å². The van der Waals surface area contributed by atoms with E-state index in [1.165, 1.54) is 6.07 Å². The molecule has 0 bridgehead atoms. The van der Waals surface area contributed by atoms with E-state index in [4.69, 9.17) is 18.9 Å². The molecule has 0 aliphatic rings. The highest BCUT2D eigenvalue weighted by Crippen LogP contribution is 2.25. The van der Waals surface area contributed by atoms with Crippen molar-refractivity contribution in [3.63, 3.8) is 0 Å². The normalized spacial score (nSPS) is 10.3. The lowest BCUT2D eigenvalue weighted by molar-refractivity contribution is 0.0524. The first-order valence-electron chi connectivity index (χ1n) is 7.95. The summed E-state index contributed by atoms with van der Waals surface area (Å²) in [5.74, 6) is -0.448. The minimum Gasteiger partial charge on any atom is -0.490 e. The van der Waals surface area contributed by atoms with Gasteiger partial charge in [0.15, 0.2) is 0 Å². The van der Waals surface area contributed by atoms with Crippen LogP contribution in [0.2, 0.25) is 0 Å². The van der Waals surface area contributed by atoms with Crippen molar-refractivity contribution in [1.82, 2.24) is 0 Å². The SMILES string of the molecule is CCOC(=O)c1cccc(OC(=O)c2cc(Br)ccc2OCCOC)c1. The van der Waals surface area contributed by atoms with Crippen LogP contribution < -0.4 is 9.47 Å². The number of benzene rings is 2. The Morgan fingerprint density at radius 1 is 1.04 bits per heavy atom. The van der Waals surface area contributed by atoms with E-state index in [0.717, 1.165) is 0 Å². The third-order valence-electron chi connectivity index (χ3n) is 3.26. The lowest BCUT2D eigenvalue weighted by Gasteiger charge is -2.12. The molecule has 0 unspecified atom stereocenters. The van der Waals surface area contributed by atoms with Gasteiger partial charge in [0.05, 0.1) is 18.8 Å². The van der Waals surface area contributed by atoms with Crippen LogP contribution in [-0.2, 0) is 9.47 Å². The standard InChI is InChI=1S/C19H19BrO6/c1-3-24-18(21)13-5-4-6-15(11-13)26-19(22)16-12-14(20)7-8-17(16)25-10-9-23-2/h4-8,11-12H,3,9-10H2,1-2H3. The highest BCUT2D eigenvalue weighted by atomic mass is 79.9. The summed E-state index contributed by atoms with van der Waals surface area (Å²) < 4.78 is 21.6. The molecule has 26 heavy (non-hydrogen) atoms. The van der Waals surface area contributed by atoms with Gasteiger partial charge in [-0.1, -0.05) is 22.0 Å². The van der Waals surface area contributed by atoms with Crippen LogP contribution in [0, 0.1) is 0 Å². The molecular weight excluding hydrogens is 404 g/mol. The van der Waals surface area contributed by atoms with Crippen molar-refractivity contribution in [2.45, 2.75) is 6.92 Å². The number of halogens is 1. The van der Waals surface area contributed by atoms with E-state index in [1.807, 2.05) is 0 Å². The van der Waals surface area contributed by atoms with Gasteiger partial charge in [-0.15, -0.1) is 0 Å². The summed E-state index contributed by atoms with van der Waals surface area (Å²) in [6, 6.07) is 11.3. The summed E-state index contributed by atoms with van der Waals surface area (Å²) in [6.07, 6.45) is 0. The third kappa shape index (κ3) is 5.57. The van der Waals surface area contributed by atoms with E-state index in [2.05, 4.69) is 15.9 Å². The molecule has 0 amide bonds. The Labute approximate surface area is 160 Å². The molecule has 0 N–H and O–H groups in total. The molecule has 2 aromatic carbocycles. The monoisotopic (exact) mass is 422 g/mol. The second-order valence-corrected chi connectivity index (χ2v) is 6.04. The Hall–Kier alpha value is -2.38. The zero-order valence-corrected chi connectivity index (χ0v) is 16.1. The van der Waals surface area contributed by atoms with Gasteiger partial charge in [0.1, 0.15) is 23.7 Å². The lowest BCUT2D eigenvalue weighted by atomic mass is 10.2. The van der Waals surface area contributed by atoms with Gasteiger partial charge in [-0.05, 0) is 43.3 Å². The Morgan fingerprint density at radius 3 is 2.58 bits per heavy atom. The second kappa shape index (κ2) is 9.94. The maximum absolute atomic E-state index is 12.6. The molecule has 0 fully saturated rings. The van der Waals surface area contributed by atoms with E-state index < -0.39 is 11.9 Å². The molecule has 0 saturated heterocycles. The van der Waals surface area contributed by atoms with Crippen LogP contribution >= 0.6 is 15.9 Å². The molecule has 0 atom stereocenters. The highest BCUT2D eigenvalue weighted by Gasteiger charge is 2.17. The molecule has 0 saturated carbocycles. The maximum Gasteiger partial charge on any atom is 0.347 e. The van der Waals surface area contributed by atoms with Crippen molar-refractivity contribution >= 4 is 27.9 Å². The van der Waals surface area contributed by atoms with Crippen molar-refractivity contribution in [1.29, 1.82) is 0 Å². The molecule has 138 valence electrons. The smallest absolute Gasteiger partial charge is 0.347 e. The lowest BCUT2D eigenvalue weighted by Crippen LogP contribution is -2.13. The van der Waals surface area contributed by atoms with Gasteiger partial charge in [0.2, 0.25) is 0 Å². The fraction of sp³-hybridized carbons (Fsp3) is 0.263. The van der Waals surface area contributed by atoms with Crippen molar-refractivity contribution in [3.8, 4) is 11.5 Å². The van der Waals surface area contributed by atoms with E-state index in [1.54, 1.807) is 50.4 Å². The first-order valence-corrected chi connectivity index (χ1v) is 8.75. The van der Waals surface area contributed by atoms with Gasteiger partial charge in [-0.3, -0.25) is 0 Å². The molecular formula is C19H19BrO6. The van der Waals surface area contributed by atoms with Gasteiger partial charge in [-0.25, -0.2) is 9.59 Å². The van der Waals surface area contributed by atoms with Crippen LogP contribution in [0.25, 0.3) is 0 Å². The molecule has 6 nitrogen and oxygen atoms in total. The minimum atomic E-state index is -0.597. The molecule has 0 aliphatic heterocycles. The summed E-state index contributed by atoms with van der Waals surface area (Å²) in [7, 11) is 1.57. The third-order valence-corrected chi connectivity index (χ3v) is 3.76. The molecule has 7 heteroatoms. The summed E-state index contributed by atoms with van der Waals surface area (Å²) in [5, 5.41) is 0. The van der Waals surface area contributed by atoms with Gasteiger partial charge in [0, 0.05) is 11.6 Å². The van der Waals surface area contributed by atoms with Gasteiger partial charge in [-0.2, -0.15) is 0 Å². The van der Waals surface area contributed by atoms with E-state index in [0.29, 0.717) is 29.0 Å². The van der Waals surface area contributed by atoms with Gasteiger partial charge >= 0.3 is 11.9 Å². The molecule has 0 aliphatic carbocycles. The molecule has 2 aromatic rings. The van der Waals surface area contributed by atoms with Crippen molar-refractivity contribution in [2.75, 3.05) is 26.9 Å². The molecule has 2 rings (SSSR count). The average Bonchev–Trinajstić information content (AvgIpc) is 2.63. The summed E-state index contributed by atoms with van der Waals surface area (Å²) in [6.45, 7) is 2.69. The molecule has 0 aromatic heterocycles. The Balaban J connectivity index is 2.18. The zero-order valence-electron chi connectivity index (χ0n) is 14.5. The van der Waals surface area contributed by atoms with Crippen LogP contribution in [-0.4, -0.2) is 38.9 Å². The van der Waals surface area contributed by atoms with E-state index in [9.17, 15) is 9.59 Å². The number of ether oxygens (including phenoxy) is 4. The van der Waals surface area contributed by atoms with Crippen molar-refractivity contribution in [2.24, 2.45) is 0 Å². The topological polar surface area (TPSA) is 71.1 Å². The fourth-order valence-corrected chi connectivity index (χ4v) is 2.45. The van der Waals surface area contributed by atoms with Crippen LogP contribution in [0.1, 0.15) is 27.6 Å². The Kier molecular flexibility index (Phi) is 7.62. The number of esters is 2. The average molecular weight is 423 g/mol. The molecule has 0 heterocycles. The van der Waals surface area contributed by atoms with Crippen LogP contribution in [0.3, 0.4) is 0 Å². The Morgan fingerprint density at radius 2 is 1.85 bits per heavy atom. The first-order chi connectivity index (χ1) is 12.5. The first kappa shape index (κ1) is 19.9. The van der Waals surface area contributed by atoms with Crippen molar-refractivity contribution < 1.29 is 28.5 Å². The Bertz CT molecular complexity index is 774. The predicted octanol–water partition coefficient (Wildman–Crippen LogP) is 3.87. The number of rotatable bonds is 8. The minimum absolute atomic E-state index is 0.239. The van der Waals surface area contributed by atoms with Crippen LogP contribution in [0.5, 0.6) is 11.5 Å². The van der Waals surface area contributed by atoms with Gasteiger partial charge in [0.25, 0.3) is 0 Å². The maximum atomic E-state index is 12.6.